The lowest BCUT2D eigenvalue weighted by Gasteiger charge is -2.23. The quantitative estimate of drug-likeness (QED) is 0.888. The molecule has 0 heterocycles. The SMILES string of the molecule is COc1ccc(F)cc1S(=O)(=O)C(C)(C)CN. The molecule has 0 bridgehead atoms. The van der Waals surface area contributed by atoms with Gasteiger partial charge in [-0.05, 0) is 32.0 Å². The maximum atomic E-state index is 13.2. The van der Waals surface area contributed by atoms with Crippen molar-refractivity contribution in [3.05, 3.63) is 24.0 Å². The highest BCUT2D eigenvalue weighted by atomic mass is 32.2. The molecule has 0 spiro atoms. The maximum absolute atomic E-state index is 13.2. The lowest BCUT2D eigenvalue weighted by molar-refractivity contribution is 0.399. The molecule has 17 heavy (non-hydrogen) atoms. The van der Waals surface area contributed by atoms with Gasteiger partial charge in [-0.25, -0.2) is 12.8 Å². The Balaban J connectivity index is 3.48. The van der Waals surface area contributed by atoms with E-state index in [-0.39, 0.29) is 17.2 Å². The van der Waals surface area contributed by atoms with Gasteiger partial charge in [-0.1, -0.05) is 0 Å². The van der Waals surface area contributed by atoms with E-state index in [1.54, 1.807) is 0 Å². The zero-order chi connectivity index (χ0) is 13.3. The molecule has 1 rings (SSSR count). The first-order chi connectivity index (χ1) is 7.76. The molecule has 0 saturated heterocycles. The molecule has 2 N–H and O–H groups in total. The summed E-state index contributed by atoms with van der Waals surface area (Å²) in [7, 11) is -2.41. The molecule has 6 heteroatoms. The van der Waals surface area contributed by atoms with Crippen molar-refractivity contribution in [2.45, 2.75) is 23.5 Å². The summed E-state index contributed by atoms with van der Waals surface area (Å²) in [6, 6.07) is 3.38. The third-order valence-corrected chi connectivity index (χ3v) is 5.15. The first kappa shape index (κ1) is 13.9. The second kappa shape index (κ2) is 4.62. The number of methoxy groups -OCH3 is 1. The highest BCUT2D eigenvalue weighted by molar-refractivity contribution is 7.93. The number of ether oxygens (including phenoxy) is 1. The van der Waals surface area contributed by atoms with Crippen molar-refractivity contribution in [1.82, 2.24) is 0 Å². The van der Waals surface area contributed by atoms with Crippen molar-refractivity contribution < 1.29 is 17.5 Å². The summed E-state index contributed by atoms with van der Waals surface area (Å²) in [6.45, 7) is 2.92. The lowest BCUT2D eigenvalue weighted by atomic mass is 10.2. The van der Waals surface area contributed by atoms with Gasteiger partial charge in [0, 0.05) is 6.54 Å². The van der Waals surface area contributed by atoms with Crippen LogP contribution in [0.3, 0.4) is 0 Å². The summed E-state index contributed by atoms with van der Waals surface area (Å²) in [5.41, 5.74) is 5.45. The summed E-state index contributed by atoms with van der Waals surface area (Å²) >= 11 is 0. The van der Waals surface area contributed by atoms with E-state index in [9.17, 15) is 12.8 Å². The molecular formula is C11H16FNO3S. The Kier molecular flexibility index (Phi) is 3.78. The van der Waals surface area contributed by atoms with Gasteiger partial charge in [-0.2, -0.15) is 0 Å². The van der Waals surface area contributed by atoms with Crippen LogP contribution in [0.25, 0.3) is 0 Å². The Morgan fingerprint density at radius 1 is 1.41 bits per heavy atom. The second-order valence-electron chi connectivity index (χ2n) is 4.26. The van der Waals surface area contributed by atoms with Crippen LogP contribution in [-0.4, -0.2) is 26.8 Å². The van der Waals surface area contributed by atoms with Gasteiger partial charge in [-0.15, -0.1) is 0 Å². The molecule has 0 radical (unpaired) electrons. The Hall–Kier alpha value is -1.14. The van der Waals surface area contributed by atoms with Gasteiger partial charge in [0.2, 0.25) is 0 Å². The van der Waals surface area contributed by atoms with Crippen molar-refractivity contribution >= 4 is 9.84 Å². The van der Waals surface area contributed by atoms with Crippen LogP contribution in [-0.2, 0) is 9.84 Å². The van der Waals surface area contributed by atoms with Crippen LogP contribution in [0.2, 0.25) is 0 Å². The van der Waals surface area contributed by atoms with Crippen molar-refractivity contribution in [1.29, 1.82) is 0 Å². The predicted octanol–water partition coefficient (Wildman–Crippen LogP) is 1.35. The van der Waals surface area contributed by atoms with Crippen molar-refractivity contribution in [3.8, 4) is 5.75 Å². The van der Waals surface area contributed by atoms with Gasteiger partial charge in [0.1, 0.15) is 16.5 Å². The number of rotatable bonds is 4. The van der Waals surface area contributed by atoms with E-state index < -0.39 is 20.4 Å². The van der Waals surface area contributed by atoms with Gasteiger partial charge >= 0.3 is 0 Å². The number of sulfone groups is 1. The number of hydrogen-bond acceptors (Lipinski definition) is 4. The van der Waals surface area contributed by atoms with Crippen LogP contribution in [0.1, 0.15) is 13.8 Å². The van der Waals surface area contributed by atoms with E-state index >= 15 is 0 Å². The normalized spacial score (nSPS) is 12.5. The summed E-state index contributed by atoms with van der Waals surface area (Å²) in [4.78, 5) is -0.171. The topological polar surface area (TPSA) is 69.4 Å². The Morgan fingerprint density at radius 3 is 2.47 bits per heavy atom. The van der Waals surface area contributed by atoms with Crippen LogP contribution in [0.15, 0.2) is 23.1 Å². The monoisotopic (exact) mass is 261 g/mol. The zero-order valence-corrected chi connectivity index (χ0v) is 10.8. The van der Waals surface area contributed by atoms with Crippen LogP contribution in [0.4, 0.5) is 4.39 Å². The summed E-state index contributed by atoms with van der Waals surface area (Å²) in [5.74, 6) is -0.509. The van der Waals surface area contributed by atoms with E-state index in [1.807, 2.05) is 0 Å². The van der Waals surface area contributed by atoms with E-state index in [0.717, 1.165) is 12.1 Å². The maximum Gasteiger partial charge on any atom is 0.188 e. The highest BCUT2D eigenvalue weighted by Gasteiger charge is 2.36. The molecule has 0 aliphatic rings. The second-order valence-corrected chi connectivity index (χ2v) is 6.81. The average Bonchev–Trinajstić information content (AvgIpc) is 2.28. The van der Waals surface area contributed by atoms with E-state index in [4.69, 9.17) is 10.5 Å². The van der Waals surface area contributed by atoms with Gasteiger partial charge in [0.25, 0.3) is 0 Å². The first-order valence-corrected chi connectivity index (χ1v) is 6.53. The van der Waals surface area contributed by atoms with Gasteiger partial charge in [0.15, 0.2) is 9.84 Å². The highest BCUT2D eigenvalue weighted by Crippen LogP contribution is 2.32. The minimum Gasteiger partial charge on any atom is -0.495 e. The zero-order valence-electron chi connectivity index (χ0n) is 10.0. The number of nitrogens with two attached hydrogens (primary N) is 1. The molecule has 0 saturated carbocycles. The average molecular weight is 261 g/mol. The van der Waals surface area contributed by atoms with Crippen molar-refractivity contribution in [2.24, 2.45) is 5.73 Å². The fourth-order valence-corrected chi connectivity index (χ4v) is 2.77. The minimum atomic E-state index is -3.74. The van der Waals surface area contributed by atoms with E-state index in [2.05, 4.69) is 0 Å². The molecule has 0 fully saturated rings. The molecule has 0 aliphatic heterocycles. The number of benzene rings is 1. The first-order valence-electron chi connectivity index (χ1n) is 5.04. The molecule has 0 aromatic heterocycles. The molecule has 96 valence electrons. The molecule has 0 amide bonds. The Bertz CT molecular complexity index is 511. The molecular weight excluding hydrogens is 245 g/mol. The summed E-state index contributed by atoms with van der Waals surface area (Å²) in [5, 5.41) is 0. The third-order valence-electron chi connectivity index (χ3n) is 2.63. The van der Waals surface area contributed by atoms with Gasteiger partial charge in [-0.3, -0.25) is 0 Å². The van der Waals surface area contributed by atoms with Gasteiger partial charge in [0.05, 0.1) is 11.9 Å². The minimum absolute atomic E-state index is 0.0605. The number of hydrogen-bond donors (Lipinski definition) is 1. The molecule has 1 aromatic carbocycles. The summed E-state index contributed by atoms with van der Waals surface area (Å²) in [6.07, 6.45) is 0. The Morgan fingerprint density at radius 2 is 2.00 bits per heavy atom. The van der Waals surface area contributed by atoms with E-state index in [1.165, 1.54) is 27.0 Å². The molecule has 0 unspecified atom stereocenters. The third kappa shape index (κ3) is 2.42. The van der Waals surface area contributed by atoms with E-state index in [0.29, 0.717) is 0 Å². The summed E-state index contributed by atoms with van der Waals surface area (Å²) < 4.78 is 41.5. The fraction of sp³-hybridized carbons (Fsp3) is 0.455. The van der Waals surface area contributed by atoms with Crippen LogP contribution < -0.4 is 10.5 Å². The molecule has 4 nitrogen and oxygen atoms in total. The van der Waals surface area contributed by atoms with Crippen LogP contribution in [0, 0.1) is 5.82 Å². The van der Waals surface area contributed by atoms with Crippen molar-refractivity contribution in [3.63, 3.8) is 0 Å². The number of halogens is 1. The van der Waals surface area contributed by atoms with Crippen molar-refractivity contribution in [2.75, 3.05) is 13.7 Å². The molecule has 0 aliphatic carbocycles. The molecule has 0 atom stereocenters. The van der Waals surface area contributed by atoms with Crippen LogP contribution in [0.5, 0.6) is 5.75 Å². The molecule has 1 aromatic rings. The van der Waals surface area contributed by atoms with Gasteiger partial charge < -0.3 is 10.5 Å². The fourth-order valence-electron chi connectivity index (χ4n) is 1.27. The predicted molar refractivity (Wildman–Crippen MR) is 63.3 cm³/mol. The largest absolute Gasteiger partial charge is 0.495 e. The Labute approximate surface area is 101 Å². The van der Waals surface area contributed by atoms with Crippen LogP contribution >= 0.6 is 0 Å². The standard InChI is InChI=1S/C11H16FNO3S/c1-11(2,7-13)17(14,15)10-6-8(12)4-5-9(10)16-3/h4-6H,7,13H2,1-3H3. The smallest absolute Gasteiger partial charge is 0.188 e. The lowest BCUT2D eigenvalue weighted by Crippen LogP contribution is -2.39.